The van der Waals surface area contributed by atoms with Crippen LogP contribution in [0.2, 0.25) is 0 Å². The van der Waals surface area contributed by atoms with Gasteiger partial charge in [-0.3, -0.25) is 4.90 Å². The van der Waals surface area contributed by atoms with Crippen LogP contribution in [0.4, 0.5) is 5.69 Å². The van der Waals surface area contributed by atoms with Crippen molar-refractivity contribution in [2.75, 3.05) is 51.2 Å². The first-order chi connectivity index (χ1) is 14.2. The van der Waals surface area contributed by atoms with Crippen molar-refractivity contribution in [2.24, 2.45) is 11.8 Å². The molecule has 1 N–H and O–H groups in total. The van der Waals surface area contributed by atoms with Gasteiger partial charge in [0.2, 0.25) is 5.65 Å². The van der Waals surface area contributed by atoms with Gasteiger partial charge in [0.1, 0.15) is 6.33 Å². The molecule has 0 spiro atoms. The van der Waals surface area contributed by atoms with Gasteiger partial charge in [-0.15, -0.1) is 10.2 Å². The molecule has 0 bridgehead atoms. The van der Waals surface area contributed by atoms with E-state index in [0.717, 1.165) is 57.8 Å². The zero-order chi connectivity index (χ0) is 19.5. The number of piperazine rings is 1. The van der Waals surface area contributed by atoms with Crippen molar-refractivity contribution in [1.29, 1.82) is 0 Å². The second-order valence-corrected chi connectivity index (χ2v) is 9.70. The van der Waals surface area contributed by atoms with Crippen LogP contribution in [-0.4, -0.2) is 93.2 Å². The van der Waals surface area contributed by atoms with Crippen molar-refractivity contribution >= 4 is 11.3 Å². The highest BCUT2D eigenvalue weighted by Crippen LogP contribution is 2.43. The van der Waals surface area contributed by atoms with Crippen LogP contribution in [0, 0.1) is 11.8 Å². The Morgan fingerprint density at radius 3 is 2.55 bits per heavy atom. The summed E-state index contributed by atoms with van der Waals surface area (Å²) in [5.41, 5.74) is 3.22. The summed E-state index contributed by atoms with van der Waals surface area (Å²) in [6.07, 6.45) is 6.03. The molecule has 2 saturated heterocycles. The van der Waals surface area contributed by atoms with Gasteiger partial charge in [-0.2, -0.15) is 9.61 Å². The van der Waals surface area contributed by atoms with Gasteiger partial charge in [-0.05, 0) is 50.6 Å². The predicted octanol–water partition coefficient (Wildman–Crippen LogP) is 0.825. The summed E-state index contributed by atoms with van der Waals surface area (Å²) in [4.78, 5) is 7.42. The molecule has 8 nitrogen and oxygen atoms in total. The topological polar surface area (TPSA) is 73.0 Å². The van der Waals surface area contributed by atoms with Gasteiger partial charge >= 0.3 is 0 Å². The number of likely N-dealkylation sites (N-methyl/N-ethyl adjacent to an activating group) is 1. The van der Waals surface area contributed by atoms with Gasteiger partial charge in [0.25, 0.3) is 0 Å². The highest BCUT2D eigenvalue weighted by molar-refractivity contribution is 5.69. The smallest absolute Gasteiger partial charge is 0.200 e. The number of rotatable bonds is 3. The van der Waals surface area contributed by atoms with Gasteiger partial charge in [0, 0.05) is 51.2 Å². The summed E-state index contributed by atoms with van der Waals surface area (Å²) in [6.45, 7) is 6.43. The second kappa shape index (κ2) is 6.89. The largest absolute Gasteiger partial charge is 0.391 e. The summed E-state index contributed by atoms with van der Waals surface area (Å²) < 4.78 is 1.85. The summed E-state index contributed by atoms with van der Waals surface area (Å²) in [5.74, 6) is 1.81. The van der Waals surface area contributed by atoms with Gasteiger partial charge in [-0.25, -0.2) is 0 Å². The molecule has 2 aliphatic carbocycles. The number of hydrogen-bond acceptors (Lipinski definition) is 7. The number of anilines is 1. The summed E-state index contributed by atoms with van der Waals surface area (Å²) in [5, 5.41) is 24.1. The molecule has 4 fully saturated rings. The Morgan fingerprint density at radius 1 is 1.03 bits per heavy atom. The fourth-order valence-corrected chi connectivity index (χ4v) is 5.79. The third kappa shape index (κ3) is 3.21. The molecule has 0 aromatic carbocycles. The van der Waals surface area contributed by atoms with E-state index in [1.54, 1.807) is 6.33 Å². The SMILES string of the molecule is CN1CCN([C@@H]2C[C@@H]3CN(c4cc(C5CC5)nn5cnnc45)C[C@@H]3C[C@H]2O)CC1. The Bertz CT molecular complexity index is 888. The van der Waals surface area contributed by atoms with Crippen LogP contribution in [0.25, 0.3) is 5.65 Å². The maximum Gasteiger partial charge on any atom is 0.200 e. The molecule has 4 heterocycles. The van der Waals surface area contributed by atoms with E-state index in [4.69, 9.17) is 5.10 Å². The minimum Gasteiger partial charge on any atom is -0.391 e. The van der Waals surface area contributed by atoms with E-state index < -0.39 is 0 Å². The third-order valence-corrected chi connectivity index (χ3v) is 7.72. The molecule has 4 aliphatic rings. The highest BCUT2D eigenvalue weighted by atomic mass is 16.3. The third-order valence-electron chi connectivity index (χ3n) is 7.72. The minimum atomic E-state index is -0.202. The van der Waals surface area contributed by atoms with Gasteiger partial charge in [0.05, 0.1) is 17.5 Å². The van der Waals surface area contributed by atoms with E-state index in [9.17, 15) is 5.11 Å². The fourth-order valence-electron chi connectivity index (χ4n) is 5.79. The molecule has 2 saturated carbocycles. The molecule has 2 aliphatic heterocycles. The fraction of sp³-hybridized carbons (Fsp3) is 0.762. The van der Waals surface area contributed by atoms with Crippen LogP contribution in [0.15, 0.2) is 12.4 Å². The Hall–Kier alpha value is -1.77. The van der Waals surface area contributed by atoms with E-state index in [2.05, 4.69) is 38.0 Å². The lowest BCUT2D eigenvalue weighted by atomic mass is 9.77. The number of aromatic nitrogens is 4. The molecule has 2 aromatic rings. The average Bonchev–Trinajstić information content (AvgIpc) is 3.32. The monoisotopic (exact) mass is 397 g/mol. The predicted molar refractivity (Wildman–Crippen MR) is 110 cm³/mol. The van der Waals surface area contributed by atoms with E-state index in [1.165, 1.54) is 24.2 Å². The van der Waals surface area contributed by atoms with Crippen LogP contribution in [0.5, 0.6) is 0 Å². The number of aliphatic hydroxyl groups is 1. The molecule has 4 atom stereocenters. The molecule has 8 heteroatoms. The van der Waals surface area contributed by atoms with E-state index in [0.29, 0.717) is 23.8 Å². The van der Waals surface area contributed by atoms with E-state index in [1.807, 2.05) is 4.52 Å². The molecule has 6 rings (SSSR count). The summed E-state index contributed by atoms with van der Waals surface area (Å²) in [7, 11) is 2.19. The van der Waals surface area contributed by atoms with Crippen molar-refractivity contribution in [3.05, 3.63) is 18.1 Å². The van der Waals surface area contributed by atoms with Gasteiger partial charge < -0.3 is 14.9 Å². The van der Waals surface area contributed by atoms with Crippen molar-refractivity contribution in [2.45, 2.75) is 43.7 Å². The zero-order valence-corrected chi connectivity index (χ0v) is 17.2. The van der Waals surface area contributed by atoms with Crippen molar-refractivity contribution in [3.8, 4) is 0 Å². The van der Waals surface area contributed by atoms with Crippen LogP contribution in [0.3, 0.4) is 0 Å². The van der Waals surface area contributed by atoms with Crippen molar-refractivity contribution in [3.63, 3.8) is 0 Å². The maximum atomic E-state index is 10.9. The molecule has 0 radical (unpaired) electrons. The highest BCUT2D eigenvalue weighted by Gasteiger charge is 2.44. The number of nitrogens with zero attached hydrogens (tertiary/aromatic N) is 7. The van der Waals surface area contributed by atoms with Crippen LogP contribution in [0.1, 0.15) is 37.3 Å². The Morgan fingerprint density at radius 2 is 1.79 bits per heavy atom. The molecular formula is C21H31N7O. The molecule has 0 unspecified atom stereocenters. The quantitative estimate of drug-likeness (QED) is 0.822. The van der Waals surface area contributed by atoms with Crippen LogP contribution < -0.4 is 4.90 Å². The summed E-state index contributed by atoms with van der Waals surface area (Å²) in [6, 6.07) is 2.57. The van der Waals surface area contributed by atoms with Crippen molar-refractivity contribution in [1.82, 2.24) is 29.6 Å². The Balaban J connectivity index is 1.23. The lowest BCUT2D eigenvalue weighted by Crippen LogP contribution is -2.55. The minimum absolute atomic E-state index is 0.202. The number of fused-ring (bicyclic) bond motifs is 2. The first-order valence-corrected chi connectivity index (χ1v) is 11.2. The molecular weight excluding hydrogens is 366 g/mol. The van der Waals surface area contributed by atoms with Gasteiger partial charge in [-0.1, -0.05) is 0 Å². The summed E-state index contributed by atoms with van der Waals surface area (Å²) >= 11 is 0. The van der Waals surface area contributed by atoms with E-state index >= 15 is 0 Å². The second-order valence-electron chi connectivity index (χ2n) is 9.70. The van der Waals surface area contributed by atoms with Crippen LogP contribution in [-0.2, 0) is 0 Å². The van der Waals surface area contributed by atoms with E-state index in [-0.39, 0.29) is 6.10 Å². The maximum absolute atomic E-state index is 10.9. The number of hydrogen-bond donors (Lipinski definition) is 1. The first-order valence-electron chi connectivity index (χ1n) is 11.2. The van der Waals surface area contributed by atoms with Gasteiger partial charge in [0.15, 0.2) is 0 Å². The average molecular weight is 398 g/mol. The first kappa shape index (κ1) is 18.0. The van der Waals surface area contributed by atoms with Crippen LogP contribution >= 0.6 is 0 Å². The normalized spacial score (nSPS) is 34.1. The molecule has 29 heavy (non-hydrogen) atoms. The Kier molecular flexibility index (Phi) is 4.28. The lowest BCUT2D eigenvalue weighted by molar-refractivity contribution is -0.0249. The number of aliphatic hydroxyl groups excluding tert-OH is 1. The Labute approximate surface area is 171 Å². The zero-order valence-electron chi connectivity index (χ0n) is 17.2. The molecule has 156 valence electrons. The lowest BCUT2D eigenvalue weighted by Gasteiger charge is -2.44. The van der Waals surface area contributed by atoms with Crippen molar-refractivity contribution < 1.29 is 5.11 Å². The molecule has 2 aromatic heterocycles. The molecule has 0 amide bonds. The standard InChI is InChI=1S/C21H31N7O/c1-25-4-6-26(7-5-25)18-8-15-11-27(12-16(15)9-20(18)29)19-10-17(14-2-3-14)24-28-13-22-23-21(19)28/h10,13-16,18,20,29H,2-9,11-12H2,1H3/t15-,16+,18-,20-/m1/s1.